The van der Waals surface area contributed by atoms with Crippen LogP contribution in [0.5, 0.6) is 0 Å². The predicted octanol–water partition coefficient (Wildman–Crippen LogP) is 2.98. The lowest BCUT2D eigenvalue weighted by molar-refractivity contribution is 0.0299. The van der Waals surface area contributed by atoms with Crippen LogP contribution in [0.3, 0.4) is 0 Å². The molecule has 2 fully saturated rings. The van der Waals surface area contributed by atoms with E-state index in [-0.39, 0.29) is 12.2 Å². The lowest BCUT2D eigenvalue weighted by Crippen LogP contribution is -2.43. The van der Waals surface area contributed by atoms with Crippen LogP contribution in [0.4, 0.5) is 11.8 Å². The second-order valence-electron chi connectivity index (χ2n) is 8.24. The number of morpholine rings is 1. The maximum Gasteiger partial charge on any atom is 0.228 e. The molecule has 0 radical (unpaired) electrons. The predicted molar refractivity (Wildman–Crippen MR) is 115 cm³/mol. The van der Waals surface area contributed by atoms with Crippen LogP contribution in [-0.2, 0) is 4.74 Å². The fourth-order valence-electron chi connectivity index (χ4n) is 4.60. The Balaban J connectivity index is 1.65. The van der Waals surface area contributed by atoms with Crippen LogP contribution in [0, 0.1) is 0 Å². The zero-order valence-corrected chi connectivity index (χ0v) is 17.5. The van der Waals surface area contributed by atoms with Gasteiger partial charge in [0.15, 0.2) is 5.65 Å². The maximum atomic E-state index is 6.01. The molecule has 0 spiro atoms. The van der Waals surface area contributed by atoms with E-state index in [1.54, 1.807) is 12.4 Å². The molecule has 2 aliphatic rings. The summed E-state index contributed by atoms with van der Waals surface area (Å²) in [6, 6.07) is 0.356. The standard InChI is InChI=1S/C21H28N8O/c1-3-5-13(4-2)29-12-25-19-18(16-8-24-17(22)9-23-16)26-21(27-20(19)29)28-10-14-6-7-15(11-28)30-14/h8-9,12-15H,3-7,10-11H2,1-2H3,(H2,22,24). The summed E-state index contributed by atoms with van der Waals surface area (Å²) in [7, 11) is 0. The van der Waals surface area contributed by atoms with Crippen molar-refractivity contribution in [2.75, 3.05) is 23.7 Å². The van der Waals surface area contributed by atoms with Gasteiger partial charge in [-0.3, -0.25) is 0 Å². The number of hydrogen-bond acceptors (Lipinski definition) is 8. The van der Waals surface area contributed by atoms with Gasteiger partial charge in [0.1, 0.15) is 22.7 Å². The van der Waals surface area contributed by atoms with Gasteiger partial charge < -0.3 is 19.9 Å². The molecule has 0 aromatic carbocycles. The van der Waals surface area contributed by atoms with Gasteiger partial charge in [0.25, 0.3) is 0 Å². The van der Waals surface area contributed by atoms with Crippen molar-refractivity contribution in [1.29, 1.82) is 0 Å². The molecule has 5 heterocycles. The Bertz CT molecular complexity index is 1020. The first-order valence-corrected chi connectivity index (χ1v) is 10.9. The number of hydrogen-bond donors (Lipinski definition) is 1. The van der Waals surface area contributed by atoms with Crippen molar-refractivity contribution in [1.82, 2.24) is 29.5 Å². The highest BCUT2D eigenvalue weighted by molar-refractivity contribution is 5.87. The number of ether oxygens (including phenoxy) is 1. The van der Waals surface area contributed by atoms with Gasteiger partial charge in [0.2, 0.25) is 5.95 Å². The molecule has 3 unspecified atom stereocenters. The summed E-state index contributed by atoms with van der Waals surface area (Å²) >= 11 is 0. The highest BCUT2D eigenvalue weighted by Gasteiger charge is 2.35. The van der Waals surface area contributed by atoms with Crippen molar-refractivity contribution in [3.8, 4) is 11.4 Å². The molecule has 2 bridgehead atoms. The van der Waals surface area contributed by atoms with E-state index < -0.39 is 0 Å². The Kier molecular flexibility index (Phi) is 4.98. The molecule has 9 nitrogen and oxygen atoms in total. The number of fused-ring (bicyclic) bond motifs is 3. The van der Waals surface area contributed by atoms with E-state index in [1.807, 2.05) is 6.33 Å². The molecular weight excluding hydrogens is 380 g/mol. The quantitative estimate of drug-likeness (QED) is 0.663. The van der Waals surface area contributed by atoms with Crippen molar-refractivity contribution in [3.05, 3.63) is 18.7 Å². The third kappa shape index (κ3) is 3.36. The Hall–Kier alpha value is -2.81. The fourth-order valence-corrected chi connectivity index (χ4v) is 4.60. The summed E-state index contributed by atoms with van der Waals surface area (Å²) in [4.78, 5) is 25.5. The monoisotopic (exact) mass is 408 g/mol. The SMILES string of the molecule is CCCC(CC)n1cnc2c(-c3cnc(N)cn3)nc(N3CC4CCC(C3)O4)nc21. The van der Waals surface area contributed by atoms with Gasteiger partial charge in [-0.25, -0.2) is 19.9 Å². The van der Waals surface area contributed by atoms with E-state index >= 15 is 0 Å². The average molecular weight is 409 g/mol. The Morgan fingerprint density at radius 3 is 2.57 bits per heavy atom. The number of nitrogens with two attached hydrogens (primary N) is 1. The minimum atomic E-state index is 0.260. The minimum Gasteiger partial charge on any atom is -0.382 e. The van der Waals surface area contributed by atoms with Crippen LogP contribution < -0.4 is 10.6 Å². The molecule has 2 aliphatic heterocycles. The third-order valence-electron chi connectivity index (χ3n) is 6.14. The van der Waals surface area contributed by atoms with Crippen LogP contribution in [-0.4, -0.2) is 54.8 Å². The van der Waals surface area contributed by atoms with E-state index in [1.165, 1.54) is 0 Å². The van der Waals surface area contributed by atoms with E-state index in [9.17, 15) is 0 Å². The normalized spacial score (nSPS) is 22.0. The lowest BCUT2D eigenvalue weighted by Gasteiger charge is -2.32. The second-order valence-corrected chi connectivity index (χ2v) is 8.24. The molecule has 158 valence electrons. The number of nitrogen functional groups attached to an aromatic ring is 1. The zero-order chi connectivity index (χ0) is 20.7. The molecule has 9 heteroatoms. The zero-order valence-electron chi connectivity index (χ0n) is 17.5. The van der Waals surface area contributed by atoms with Crippen LogP contribution in [0.25, 0.3) is 22.6 Å². The Labute approximate surface area is 175 Å². The Morgan fingerprint density at radius 2 is 1.90 bits per heavy atom. The minimum absolute atomic E-state index is 0.260. The van der Waals surface area contributed by atoms with Crippen LogP contribution in [0.2, 0.25) is 0 Å². The fraction of sp³-hybridized carbons (Fsp3) is 0.571. The number of anilines is 2. The maximum absolute atomic E-state index is 6.01. The van der Waals surface area contributed by atoms with E-state index in [0.29, 0.717) is 29.2 Å². The van der Waals surface area contributed by atoms with Crippen LogP contribution >= 0.6 is 0 Å². The summed E-state index contributed by atoms with van der Waals surface area (Å²) in [5.41, 5.74) is 8.71. The van der Waals surface area contributed by atoms with Gasteiger partial charge in [-0.05, 0) is 25.7 Å². The average Bonchev–Trinajstić information content (AvgIpc) is 3.34. The number of nitrogens with zero attached hydrogens (tertiary/aromatic N) is 7. The van der Waals surface area contributed by atoms with E-state index in [0.717, 1.165) is 56.4 Å². The molecule has 2 saturated heterocycles. The van der Waals surface area contributed by atoms with Crippen molar-refractivity contribution in [2.45, 2.75) is 64.2 Å². The largest absolute Gasteiger partial charge is 0.382 e. The smallest absolute Gasteiger partial charge is 0.228 e. The van der Waals surface area contributed by atoms with Crippen LogP contribution in [0.1, 0.15) is 52.0 Å². The van der Waals surface area contributed by atoms with Gasteiger partial charge in [-0.2, -0.15) is 4.98 Å². The summed E-state index contributed by atoms with van der Waals surface area (Å²) in [5.74, 6) is 1.10. The second kappa shape index (κ2) is 7.79. The molecule has 3 atom stereocenters. The van der Waals surface area contributed by atoms with Crippen molar-refractivity contribution >= 4 is 22.9 Å². The molecule has 3 aromatic rings. The summed E-state index contributed by atoms with van der Waals surface area (Å²) < 4.78 is 8.21. The third-order valence-corrected chi connectivity index (χ3v) is 6.14. The van der Waals surface area contributed by atoms with E-state index in [4.69, 9.17) is 25.4 Å². The first kappa shape index (κ1) is 19.2. The molecule has 0 aliphatic carbocycles. The van der Waals surface area contributed by atoms with E-state index in [2.05, 4.69) is 33.3 Å². The summed E-state index contributed by atoms with van der Waals surface area (Å²) in [6.07, 6.45) is 11.1. The molecule has 2 N–H and O–H groups in total. The van der Waals surface area contributed by atoms with Crippen LogP contribution in [0.15, 0.2) is 18.7 Å². The molecule has 3 aromatic heterocycles. The first-order chi connectivity index (χ1) is 14.7. The lowest BCUT2D eigenvalue weighted by atomic mass is 10.1. The molecular formula is C21H28N8O. The van der Waals surface area contributed by atoms with Crippen molar-refractivity contribution < 1.29 is 4.74 Å². The topological polar surface area (TPSA) is 108 Å². The molecule has 30 heavy (non-hydrogen) atoms. The first-order valence-electron chi connectivity index (χ1n) is 10.9. The summed E-state index contributed by atoms with van der Waals surface area (Å²) in [5, 5.41) is 0. The van der Waals surface area contributed by atoms with Gasteiger partial charge >= 0.3 is 0 Å². The van der Waals surface area contributed by atoms with Gasteiger partial charge in [0, 0.05) is 19.1 Å². The highest BCUT2D eigenvalue weighted by atomic mass is 16.5. The van der Waals surface area contributed by atoms with Crippen molar-refractivity contribution in [2.24, 2.45) is 0 Å². The molecule has 5 rings (SSSR count). The van der Waals surface area contributed by atoms with Gasteiger partial charge in [-0.15, -0.1) is 0 Å². The molecule has 0 saturated carbocycles. The number of rotatable bonds is 6. The Morgan fingerprint density at radius 1 is 1.10 bits per heavy atom. The summed E-state index contributed by atoms with van der Waals surface area (Å²) in [6.45, 7) is 6.05. The molecule has 0 amide bonds. The highest BCUT2D eigenvalue weighted by Crippen LogP contribution is 2.32. The van der Waals surface area contributed by atoms with Gasteiger partial charge in [0.05, 0.1) is 30.9 Å². The van der Waals surface area contributed by atoms with Crippen molar-refractivity contribution in [3.63, 3.8) is 0 Å². The van der Waals surface area contributed by atoms with Gasteiger partial charge in [-0.1, -0.05) is 20.3 Å². The number of imidazole rings is 1. The number of aromatic nitrogens is 6.